The minimum Gasteiger partial charge on any atom is -0.497 e. The Morgan fingerprint density at radius 3 is 2.13 bits per heavy atom. The van der Waals surface area contributed by atoms with E-state index in [0.717, 1.165) is 17.7 Å². The van der Waals surface area contributed by atoms with Gasteiger partial charge in [0.25, 0.3) is 0 Å². The summed E-state index contributed by atoms with van der Waals surface area (Å²) in [6.45, 7) is 6.88. The Labute approximate surface area is 202 Å². The fraction of sp³-hybridized carbons (Fsp3) is 0.571. The van der Waals surface area contributed by atoms with E-state index in [9.17, 15) is 9.59 Å². The SMILES string of the molecule is COc1ccc(CCNC(=NCC(=O)N(C)C)NCCNC(=O)OC(C)(C)C)cc1.I. The minimum absolute atomic E-state index is 0. The number of likely N-dealkylation sites (N-methyl/N-ethyl adjacent to an activating group) is 1. The van der Waals surface area contributed by atoms with Crippen LogP contribution < -0.4 is 20.7 Å². The molecule has 0 aliphatic heterocycles. The average molecular weight is 549 g/mol. The zero-order chi connectivity index (χ0) is 22.6. The number of nitrogens with zero attached hydrogens (tertiary/aromatic N) is 2. The van der Waals surface area contributed by atoms with E-state index in [1.807, 2.05) is 45.0 Å². The van der Waals surface area contributed by atoms with Crippen LogP contribution in [0.1, 0.15) is 26.3 Å². The van der Waals surface area contributed by atoms with Gasteiger partial charge in [-0.1, -0.05) is 12.1 Å². The van der Waals surface area contributed by atoms with Gasteiger partial charge in [0.1, 0.15) is 17.9 Å². The van der Waals surface area contributed by atoms with Gasteiger partial charge >= 0.3 is 6.09 Å². The lowest BCUT2D eigenvalue weighted by atomic mass is 10.1. The van der Waals surface area contributed by atoms with Crippen LogP contribution in [0.15, 0.2) is 29.3 Å². The van der Waals surface area contributed by atoms with Gasteiger partial charge in [-0.3, -0.25) is 4.79 Å². The predicted octanol–water partition coefficient (Wildman–Crippen LogP) is 2.00. The highest BCUT2D eigenvalue weighted by molar-refractivity contribution is 14.0. The van der Waals surface area contributed by atoms with Crippen molar-refractivity contribution < 1.29 is 19.1 Å². The smallest absolute Gasteiger partial charge is 0.407 e. The molecule has 0 saturated carbocycles. The number of methoxy groups -OCH3 is 1. The van der Waals surface area contributed by atoms with Crippen molar-refractivity contribution in [2.45, 2.75) is 32.8 Å². The van der Waals surface area contributed by atoms with E-state index in [4.69, 9.17) is 9.47 Å². The number of aliphatic imine (C=N–C) groups is 1. The summed E-state index contributed by atoms with van der Waals surface area (Å²) in [6.07, 6.45) is 0.306. The molecule has 176 valence electrons. The lowest BCUT2D eigenvalue weighted by Crippen LogP contribution is -2.43. The van der Waals surface area contributed by atoms with Crippen LogP contribution in [-0.4, -0.2) is 75.8 Å². The number of benzene rings is 1. The molecule has 0 bridgehead atoms. The molecular weight excluding hydrogens is 513 g/mol. The van der Waals surface area contributed by atoms with Gasteiger partial charge in [-0.05, 0) is 44.9 Å². The van der Waals surface area contributed by atoms with Crippen LogP contribution in [-0.2, 0) is 16.0 Å². The number of rotatable bonds is 9. The first-order valence-electron chi connectivity index (χ1n) is 9.93. The fourth-order valence-corrected chi connectivity index (χ4v) is 2.24. The van der Waals surface area contributed by atoms with Crippen LogP contribution in [0.3, 0.4) is 0 Å². The summed E-state index contributed by atoms with van der Waals surface area (Å²) in [4.78, 5) is 29.3. The molecule has 3 N–H and O–H groups in total. The highest BCUT2D eigenvalue weighted by Crippen LogP contribution is 2.11. The van der Waals surface area contributed by atoms with Crippen molar-refractivity contribution in [3.8, 4) is 5.75 Å². The lowest BCUT2D eigenvalue weighted by Gasteiger charge is -2.20. The van der Waals surface area contributed by atoms with E-state index in [0.29, 0.717) is 25.6 Å². The molecular formula is C21H36IN5O4. The Bertz CT molecular complexity index is 703. The number of carbonyl (C=O) groups is 2. The summed E-state index contributed by atoms with van der Waals surface area (Å²) in [5.41, 5.74) is 0.610. The molecule has 0 heterocycles. The maximum absolute atomic E-state index is 11.8. The van der Waals surface area contributed by atoms with E-state index in [1.165, 1.54) is 4.90 Å². The van der Waals surface area contributed by atoms with E-state index >= 15 is 0 Å². The van der Waals surface area contributed by atoms with Crippen molar-refractivity contribution in [1.29, 1.82) is 0 Å². The molecule has 0 fully saturated rings. The van der Waals surface area contributed by atoms with Crippen molar-refractivity contribution in [3.63, 3.8) is 0 Å². The third kappa shape index (κ3) is 13.6. The highest BCUT2D eigenvalue weighted by atomic mass is 127. The number of amides is 2. The first-order valence-corrected chi connectivity index (χ1v) is 9.93. The third-order valence-corrected chi connectivity index (χ3v) is 3.82. The summed E-state index contributed by atoms with van der Waals surface area (Å²) >= 11 is 0. The molecule has 31 heavy (non-hydrogen) atoms. The number of alkyl carbamates (subject to hydrolysis) is 1. The Morgan fingerprint density at radius 1 is 1.00 bits per heavy atom. The molecule has 0 atom stereocenters. The maximum Gasteiger partial charge on any atom is 0.407 e. The van der Waals surface area contributed by atoms with Crippen LogP contribution in [0, 0.1) is 0 Å². The summed E-state index contributed by atoms with van der Waals surface area (Å²) in [5.74, 6) is 1.22. The first-order chi connectivity index (χ1) is 14.1. The Hall–Kier alpha value is -2.24. The summed E-state index contributed by atoms with van der Waals surface area (Å²) < 4.78 is 10.4. The quantitative estimate of drug-likeness (QED) is 0.189. The van der Waals surface area contributed by atoms with E-state index < -0.39 is 11.7 Å². The van der Waals surface area contributed by atoms with Crippen molar-refractivity contribution in [2.24, 2.45) is 4.99 Å². The summed E-state index contributed by atoms with van der Waals surface area (Å²) in [7, 11) is 5.01. The molecule has 9 nitrogen and oxygen atoms in total. The topological polar surface area (TPSA) is 104 Å². The van der Waals surface area contributed by atoms with Gasteiger partial charge in [-0.25, -0.2) is 9.79 Å². The molecule has 10 heteroatoms. The van der Waals surface area contributed by atoms with Crippen LogP contribution >= 0.6 is 24.0 Å². The molecule has 0 saturated heterocycles. The van der Waals surface area contributed by atoms with Gasteiger partial charge < -0.3 is 30.3 Å². The molecule has 0 spiro atoms. The average Bonchev–Trinajstić information content (AvgIpc) is 2.67. The van der Waals surface area contributed by atoms with Gasteiger partial charge in [0.05, 0.1) is 7.11 Å². The van der Waals surface area contributed by atoms with Crippen molar-refractivity contribution in [3.05, 3.63) is 29.8 Å². The number of hydrogen-bond acceptors (Lipinski definition) is 5. The van der Waals surface area contributed by atoms with Gasteiger partial charge in [-0.15, -0.1) is 24.0 Å². The molecule has 1 aromatic carbocycles. The van der Waals surface area contributed by atoms with Gasteiger partial charge in [0, 0.05) is 33.7 Å². The zero-order valence-electron chi connectivity index (χ0n) is 19.3. The normalized spacial score (nSPS) is 11.1. The maximum atomic E-state index is 11.8. The minimum atomic E-state index is -0.542. The molecule has 0 aliphatic rings. The van der Waals surface area contributed by atoms with Crippen LogP contribution in [0.25, 0.3) is 0 Å². The standard InChI is InChI=1S/C21H35N5O4.HI/c1-21(2,3)30-20(28)24-14-13-23-19(25-15-18(27)26(4)5)22-12-11-16-7-9-17(29-6)10-8-16;/h7-10H,11-15H2,1-6H3,(H,24,28)(H2,22,23,25);1H. The van der Waals surface area contributed by atoms with Gasteiger partial charge in [0.15, 0.2) is 5.96 Å². The van der Waals surface area contributed by atoms with Crippen LogP contribution in [0.4, 0.5) is 4.79 Å². The molecule has 0 radical (unpaired) electrons. The molecule has 1 aromatic rings. The van der Waals surface area contributed by atoms with Gasteiger partial charge in [0.2, 0.25) is 5.91 Å². The van der Waals surface area contributed by atoms with Crippen molar-refractivity contribution >= 4 is 41.9 Å². The fourth-order valence-electron chi connectivity index (χ4n) is 2.24. The lowest BCUT2D eigenvalue weighted by molar-refractivity contribution is -0.127. The van der Waals surface area contributed by atoms with Crippen LogP contribution in [0.5, 0.6) is 5.75 Å². The zero-order valence-corrected chi connectivity index (χ0v) is 21.6. The second kappa shape index (κ2) is 14.7. The van der Waals surface area contributed by atoms with E-state index in [1.54, 1.807) is 21.2 Å². The predicted molar refractivity (Wildman–Crippen MR) is 133 cm³/mol. The van der Waals surface area contributed by atoms with E-state index in [2.05, 4.69) is 20.9 Å². The number of hydrogen-bond donors (Lipinski definition) is 3. The third-order valence-electron chi connectivity index (χ3n) is 3.82. The number of carbonyl (C=O) groups excluding carboxylic acids is 2. The first kappa shape index (κ1) is 28.8. The Morgan fingerprint density at radius 2 is 1.58 bits per heavy atom. The highest BCUT2D eigenvalue weighted by Gasteiger charge is 2.15. The van der Waals surface area contributed by atoms with Gasteiger partial charge in [-0.2, -0.15) is 0 Å². The second-order valence-corrected chi connectivity index (χ2v) is 7.83. The number of halogens is 1. The van der Waals surface area contributed by atoms with Crippen molar-refractivity contribution in [1.82, 2.24) is 20.9 Å². The number of guanidine groups is 1. The molecule has 0 aromatic heterocycles. The Kier molecular flexibility index (Phi) is 13.6. The summed E-state index contributed by atoms with van der Waals surface area (Å²) in [6, 6.07) is 7.84. The molecule has 1 rings (SSSR count). The van der Waals surface area contributed by atoms with Crippen molar-refractivity contribution in [2.75, 3.05) is 47.4 Å². The van der Waals surface area contributed by atoms with E-state index in [-0.39, 0.29) is 36.4 Å². The molecule has 0 aliphatic carbocycles. The number of nitrogens with one attached hydrogen (secondary N) is 3. The molecule has 2 amide bonds. The Balaban J connectivity index is 0.00000900. The monoisotopic (exact) mass is 549 g/mol. The largest absolute Gasteiger partial charge is 0.497 e. The number of ether oxygens (including phenoxy) is 2. The second-order valence-electron chi connectivity index (χ2n) is 7.83. The summed E-state index contributed by atoms with van der Waals surface area (Å²) in [5, 5.41) is 9.00. The van der Waals surface area contributed by atoms with Crippen LogP contribution in [0.2, 0.25) is 0 Å². The molecule has 0 unspecified atom stereocenters.